The van der Waals surface area contributed by atoms with E-state index >= 15 is 0 Å². The Balaban J connectivity index is 2.45. The molecule has 0 aromatic carbocycles. The lowest BCUT2D eigenvalue weighted by atomic mass is 10.0. The molecule has 1 fully saturated rings. The molecule has 1 aliphatic heterocycles. The van der Waals surface area contributed by atoms with Crippen LogP contribution in [0.2, 0.25) is 0 Å². The van der Waals surface area contributed by atoms with E-state index in [1.807, 2.05) is 30.5 Å². The zero-order valence-electron chi connectivity index (χ0n) is 8.32. The van der Waals surface area contributed by atoms with E-state index in [1.54, 1.807) is 0 Å². The summed E-state index contributed by atoms with van der Waals surface area (Å²) in [7, 11) is 0. The van der Waals surface area contributed by atoms with Crippen LogP contribution in [0, 0.1) is 5.92 Å². The van der Waals surface area contributed by atoms with Gasteiger partial charge in [-0.2, -0.15) is 11.8 Å². The van der Waals surface area contributed by atoms with Crippen LogP contribution >= 0.6 is 11.8 Å². The van der Waals surface area contributed by atoms with Crippen LogP contribution in [-0.2, 0) is 4.79 Å². The van der Waals surface area contributed by atoms with Crippen molar-refractivity contribution in [1.82, 2.24) is 4.90 Å². The topological polar surface area (TPSA) is 46.3 Å². The van der Waals surface area contributed by atoms with E-state index in [0.29, 0.717) is 0 Å². The number of carbonyl (C=O) groups excluding carboxylic acids is 1. The Morgan fingerprint density at radius 2 is 1.92 bits per heavy atom. The van der Waals surface area contributed by atoms with Crippen LogP contribution in [0.5, 0.6) is 0 Å². The van der Waals surface area contributed by atoms with Crippen molar-refractivity contribution in [2.45, 2.75) is 19.9 Å². The van der Waals surface area contributed by atoms with E-state index in [2.05, 4.69) is 0 Å². The average molecular weight is 202 g/mol. The van der Waals surface area contributed by atoms with Gasteiger partial charge in [-0.15, -0.1) is 0 Å². The molecule has 0 spiro atoms. The van der Waals surface area contributed by atoms with Gasteiger partial charge in [0.1, 0.15) is 0 Å². The molecule has 0 saturated carbocycles. The number of nitrogens with two attached hydrogens (primary N) is 1. The van der Waals surface area contributed by atoms with Crippen molar-refractivity contribution in [3.05, 3.63) is 0 Å². The minimum atomic E-state index is -0.317. The lowest BCUT2D eigenvalue weighted by Crippen LogP contribution is -2.49. The van der Waals surface area contributed by atoms with Crippen molar-refractivity contribution in [3.63, 3.8) is 0 Å². The smallest absolute Gasteiger partial charge is 0.239 e. The number of rotatable bonds is 2. The van der Waals surface area contributed by atoms with Gasteiger partial charge in [-0.1, -0.05) is 13.8 Å². The lowest BCUT2D eigenvalue weighted by Gasteiger charge is -2.29. The second-order valence-corrected chi connectivity index (χ2v) is 4.93. The van der Waals surface area contributed by atoms with Crippen LogP contribution in [0.1, 0.15) is 13.8 Å². The summed E-state index contributed by atoms with van der Waals surface area (Å²) < 4.78 is 0. The Morgan fingerprint density at radius 3 is 2.38 bits per heavy atom. The predicted octanol–water partition coefficient (Wildman–Crippen LogP) is 0.545. The molecule has 1 saturated heterocycles. The van der Waals surface area contributed by atoms with Gasteiger partial charge in [-0.3, -0.25) is 4.79 Å². The highest BCUT2D eigenvalue weighted by molar-refractivity contribution is 7.99. The summed E-state index contributed by atoms with van der Waals surface area (Å²) in [5.74, 6) is 2.46. The van der Waals surface area contributed by atoms with E-state index in [1.165, 1.54) is 0 Å². The van der Waals surface area contributed by atoms with Gasteiger partial charge in [-0.25, -0.2) is 0 Å². The molecule has 0 aromatic rings. The summed E-state index contributed by atoms with van der Waals surface area (Å²) >= 11 is 1.90. The van der Waals surface area contributed by atoms with Gasteiger partial charge in [0.2, 0.25) is 5.91 Å². The van der Waals surface area contributed by atoms with Crippen molar-refractivity contribution in [3.8, 4) is 0 Å². The second kappa shape index (κ2) is 4.86. The van der Waals surface area contributed by atoms with Crippen LogP contribution in [-0.4, -0.2) is 41.4 Å². The van der Waals surface area contributed by atoms with Crippen LogP contribution < -0.4 is 5.73 Å². The maximum Gasteiger partial charge on any atom is 0.239 e. The lowest BCUT2D eigenvalue weighted by molar-refractivity contribution is -0.133. The third kappa shape index (κ3) is 2.88. The molecule has 13 heavy (non-hydrogen) atoms. The van der Waals surface area contributed by atoms with Gasteiger partial charge >= 0.3 is 0 Å². The highest BCUT2D eigenvalue weighted by Crippen LogP contribution is 2.11. The fourth-order valence-corrected chi connectivity index (χ4v) is 2.18. The molecule has 1 aliphatic rings. The molecule has 1 amide bonds. The summed E-state index contributed by atoms with van der Waals surface area (Å²) in [6, 6.07) is -0.317. The van der Waals surface area contributed by atoms with Gasteiger partial charge in [0.05, 0.1) is 6.04 Å². The molecule has 1 rings (SSSR count). The molecule has 0 aliphatic carbocycles. The van der Waals surface area contributed by atoms with E-state index in [0.717, 1.165) is 24.6 Å². The summed E-state index contributed by atoms with van der Waals surface area (Å²) in [6.07, 6.45) is 0. The number of nitrogens with zero attached hydrogens (tertiary/aromatic N) is 1. The van der Waals surface area contributed by atoms with E-state index < -0.39 is 0 Å². The monoisotopic (exact) mass is 202 g/mol. The number of hydrogen-bond donors (Lipinski definition) is 1. The Bertz CT molecular complexity index is 178. The minimum Gasteiger partial charge on any atom is -0.340 e. The maximum absolute atomic E-state index is 11.7. The number of amides is 1. The quantitative estimate of drug-likeness (QED) is 0.711. The first kappa shape index (κ1) is 10.9. The molecule has 0 radical (unpaired) electrons. The van der Waals surface area contributed by atoms with E-state index in [4.69, 9.17) is 5.73 Å². The summed E-state index contributed by atoms with van der Waals surface area (Å²) in [6.45, 7) is 5.70. The zero-order valence-corrected chi connectivity index (χ0v) is 9.14. The molecule has 4 heteroatoms. The number of hydrogen-bond acceptors (Lipinski definition) is 3. The third-order valence-corrected chi connectivity index (χ3v) is 3.27. The van der Waals surface area contributed by atoms with Crippen LogP contribution in [0.4, 0.5) is 0 Å². The largest absolute Gasteiger partial charge is 0.340 e. The normalized spacial score (nSPS) is 20.5. The first-order valence-electron chi connectivity index (χ1n) is 4.75. The molecule has 1 heterocycles. The molecule has 1 unspecified atom stereocenters. The molecule has 0 bridgehead atoms. The van der Waals surface area contributed by atoms with Gasteiger partial charge in [0.25, 0.3) is 0 Å². The minimum absolute atomic E-state index is 0.121. The highest BCUT2D eigenvalue weighted by atomic mass is 32.2. The van der Waals surface area contributed by atoms with Crippen molar-refractivity contribution in [2.75, 3.05) is 24.6 Å². The van der Waals surface area contributed by atoms with Crippen molar-refractivity contribution in [2.24, 2.45) is 11.7 Å². The first-order chi connectivity index (χ1) is 6.13. The second-order valence-electron chi connectivity index (χ2n) is 3.71. The number of carbonyl (C=O) groups is 1. The summed E-state index contributed by atoms with van der Waals surface area (Å²) in [4.78, 5) is 13.6. The third-order valence-electron chi connectivity index (χ3n) is 2.33. The molecule has 2 N–H and O–H groups in total. The van der Waals surface area contributed by atoms with Gasteiger partial charge < -0.3 is 10.6 Å². The Morgan fingerprint density at radius 1 is 1.38 bits per heavy atom. The van der Waals surface area contributed by atoms with Gasteiger partial charge in [0.15, 0.2) is 0 Å². The van der Waals surface area contributed by atoms with Crippen molar-refractivity contribution >= 4 is 17.7 Å². The Labute approximate surface area is 84.0 Å². The molecule has 0 aromatic heterocycles. The average Bonchev–Trinajstić information content (AvgIpc) is 2.17. The summed E-state index contributed by atoms with van der Waals surface area (Å²) in [5.41, 5.74) is 5.79. The maximum atomic E-state index is 11.7. The van der Waals surface area contributed by atoms with Crippen LogP contribution in [0.15, 0.2) is 0 Å². The van der Waals surface area contributed by atoms with Gasteiger partial charge in [-0.05, 0) is 5.92 Å². The highest BCUT2D eigenvalue weighted by Gasteiger charge is 2.24. The Hall–Kier alpha value is -0.220. The standard InChI is InChI=1S/C9H18N2OS/c1-7(2)8(10)9(12)11-3-5-13-6-4-11/h7-8H,3-6,10H2,1-2H3. The zero-order chi connectivity index (χ0) is 9.84. The fourth-order valence-electron chi connectivity index (χ4n) is 1.28. The van der Waals surface area contributed by atoms with Crippen LogP contribution in [0.25, 0.3) is 0 Å². The van der Waals surface area contributed by atoms with Crippen LogP contribution in [0.3, 0.4) is 0 Å². The molecular formula is C9H18N2OS. The fraction of sp³-hybridized carbons (Fsp3) is 0.889. The molecule has 76 valence electrons. The number of thioether (sulfide) groups is 1. The van der Waals surface area contributed by atoms with Gasteiger partial charge in [0, 0.05) is 24.6 Å². The van der Waals surface area contributed by atoms with Crippen molar-refractivity contribution in [1.29, 1.82) is 0 Å². The predicted molar refractivity (Wildman–Crippen MR) is 56.7 cm³/mol. The summed E-state index contributed by atoms with van der Waals surface area (Å²) in [5, 5.41) is 0. The van der Waals surface area contributed by atoms with Crippen molar-refractivity contribution < 1.29 is 4.79 Å². The molecule has 3 nitrogen and oxygen atoms in total. The molecule has 1 atom stereocenters. The Kier molecular flexibility index (Phi) is 4.06. The van der Waals surface area contributed by atoms with E-state index in [9.17, 15) is 4.79 Å². The first-order valence-corrected chi connectivity index (χ1v) is 5.90. The molecular weight excluding hydrogens is 184 g/mol. The SMILES string of the molecule is CC(C)C(N)C(=O)N1CCSCC1. The van der Waals surface area contributed by atoms with E-state index in [-0.39, 0.29) is 17.9 Å².